The van der Waals surface area contributed by atoms with E-state index in [2.05, 4.69) is 65.6 Å². The number of amides is 2. The molecule has 0 aromatic carbocycles. The zero-order valence-electron chi connectivity index (χ0n) is 17.9. The highest BCUT2D eigenvalue weighted by Gasteiger charge is 2.48. The molecule has 0 aliphatic heterocycles. The second kappa shape index (κ2) is 12.2. The van der Waals surface area contributed by atoms with Gasteiger partial charge < -0.3 is 9.16 Å². The van der Waals surface area contributed by atoms with Gasteiger partial charge in [0.1, 0.15) is 0 Å². The summed E-state index contributed by atoms with van der Waals surface area (Å²) in [6.07, 6.45) is 2.56. The van der Waals surface area contributed by atoms with E-state index in [1.54, 1.807) is 0 Å². The highest BCUT2D eigenvalue weighted by Crippen LogP contribution is 2.42. The van der Waals surface area contributed by atoms with Crippen LogP contribution < -0.4 is 0 Å². The van der Waals surface area contributed by atoms with E-state index in [0.29, 0.717) is 12.5 Å². The standard InChI is InChI=1S/C19H38N2O4Si/c1-9-11-12-17(10-2)13-24-18(22)20-21-19(23)25-26(14(3)4,15(5)6)16(7)8/h14-17H,9-13H2,1-8H3. The maximum atomic E-state index is 12.2. The molecule has 0 saturated carbocycles. The number of rotatable bonds is 10. The minimum atomic E-state index is -2.38. The second-order valence-corrected chi connectivity index (χ2v) is 13.3. The molecule has 0 radical (unpaired) electrons. The number of hydrogen-bond acceptors (Lipinski definition) is 4. The minimum Gasteiger partial charge on any atom is -0.500 e. The first-order valence-corrected chi connectivity index (χ1v) is 12.1. The van der Waals surface area contributed by atoms with Crippen LogP contribution in [0.15, 0.2) is 10.2 Å². The normalized spacial score (nSPS) is 13.7. The second-order valence-electron chi connectivity index (χ2n) is 7.88. The first-order chi connectivity index (χ1) is 12.1. The van der Waals surface area contributed by atoms with Gasteiger partial charge in [-0.25, -0.2) is 9.59 Å². The van der Waals surface area contributed by atoms with Gasteiger partial charge in [-0.2, -0.15) is 0 Å². The maximum Gasteiger partial charge on any atom is 0.452 e. The predicted molar refractivity (Wildman–Crippen MR) is 107 cm³/mol. The van der Waals surface area contributed by atoms with Crippen molar-refractivity contribution in [1.82, 2.24) is 0 Å². The predicted octanol–water partition coefficient (Wildman–Crippen LogP) is 7.10. The molecule has 152 valence electrons. The van der Waals surface area contributed by atoms with E-state index < -0.39 is 20.5 Å². The zero-order valence-corrected chi connectivity index (χ0v) is 18.9. The summed E-state index contributed by atoms with van der Waals surface area (Å²) in [6.45, 7) is 17.0. The van der Waals surface area contributed by atoms with E-state index in [0.717, 1.165) is 25.7 Å². The fraction of sp³-hybridized carbons (Fsp3) is 0.895. The Hall–Kier alpha value is -1.24. The lowest BCUT2D eigenvalue weighted by Gasteiger charge is -2.40. The highest BCUT2D eigenvalue weighted by molar-refractivity contribution is 6.78. The first-order valence-electron chi connectivity index (χ1n) is 9.93. The molecule has 0 N–H and O–H groups in total. The van der Waals surface area contributed by atoms with Crippen LogP contribution in [0.4, 0.5) is 9.59 Å². The molecule has 0 rings (SSSR count). The molecule has 0 fully saturated rings. The largest absolute Gasteiger partial charge is 0.500 e. The molecular weight excluding hydrogens is 348 g/mol. The molecule has 0 saturated heterocycles. The van der Waals surface area contributed by atoms with E-state index in [4.69, 9.17) is 9.16 Å². The molecule has 0 spiro atoms. The van der Waals surface area contributed by atoms with Crippen LogP contribution in [0, 0.1) is 5.92 Å². The molecule has 26 heavy (non-hydrogen) atoms. The van der Waals surface area contributed by atoms with Crippen LogP contribution in [0.5, 0.6) is 0 Å². The lowest BCUT2D eigenvalue weighted by molar-refractivity contribution is 0.130. The fourth-order valence-corrected chi connectivity index (χ4v) is 8.77. The summed E-state index contributed by atoms with van der Waals surface area (Å²) in [5, 5.41) is 6.83. The van der Waals surface area contributed by atoms with Gasteiger partial charge in [0.05, 0.1) is 6.61 Å². The Kier molecular flexibility index (Phi) is 11.6. The fourth-order valence-electron chi connectivity index (χ4n) is 3.72. The summed E-state index contributed by atoms with van der Waals surface area (Å²) in [4.78, 5) is 23.9. The molecule has 1 atom stereocenters. The molecule has 0 aromatic heterocycles. The van der Waals surface area contributed by atoms with Crippen LogP contribution in [0.1, 0.15) is 81.1 Å². The molecule has 0 heterocycles. The van der Waals surface area contributed by atoms with Crippen molar-refractivity contribution in [1.29, 1.82) is 0 Å². The summed E-state index contributed by atoms with van der Waals surface area (Å²) >= 11 is 0. The Morgan fingerprint density at radius 3 is 1.81 bits per heavy atom. The van der Waals surface area contributed by atoms with Crippen LogP contribution in [0.2, 0.25) is 16.6 Å². The molecule has 6 nitrogen and oxygen atoms in total. The van der Waals surface area contributed by atoms with Crippen molar-refractivity contribution in [2.45, 2.75) is 97.7 Å². The number of carbonyl (C=O) groups is 2. The summed E-state index contributed by atoms with van der Waals surface area (Å²) < 4.78 is 10.9. The van der Waals surface area contributed by atoms with E-state index in [1.165, 1.54) is 0 Å². The SMILES string of the molecule is CCCCC(CC)COC(=O)N=NC(=O)O[Si](C(C)C)(C(C)C)C(C)C. The lowest BCUT2D eigenvalue weighted by atomic mass is 10.0. The van der Waals surface area contributed by atoms with Crippen molar-refractivity contribution >= 4 is 20.5 Å². The Balaban J connectivity index is 4.76. The third kappa shape index (κ3) is 7.56. The molecule has 0 bridgehead atoms. The smallest absolute Gasteiger partial charge is 0.452 e. The average molecular weight is 387 g/mol. The van der Waals surface area contributed by atoms with Crippen LogP contribution in [0.3, 0.4) is 0 Å². The summed E-state index contributed by atoms with van der Waals surface area (Å²) in [5.74, 6) is 0.323. The maximum absolute atomic E-state index is 12.2. The van der Waals surface area contributed by atoms with Crippen molar-refractivity contribution in [2.24, 2.45) is 16.1 Å². The highest BCUT2D eigenvalue weighted by atomic mass is 28.4. The van der Waals surface area contributed by atoms with E-state index in [-0.39, 0.29) is 16.6 Å². The molecule has 0 aliphatic rings. The number of ether oxygens (including phenoxy) is 1. The Bertz CT molecular complexity index is 443. The van der Waals surface area contributed by atoms with Crippen LogP contribution in [0.25, 0.3) is 0 Å². The van der Waals surface area contributed by atoms with Gasteiger partial charge in [0.2, 0.25) is 0 Å². The van der Waals surface area contributed by atoms with Crippen LogP contribution in [-0.2, 0) is 9.16 Å². The van der Waals surface area contributed by atoms with Gasteiger partial charge in [-0.15, -0.1) is 0 Å². The Morgan fingerprint density at radius 1 is 0.885 bits per heavy atom. The van der Waals surface area contributed by atoms with E-state index in [9.17, 15) is 9.59 Å². The monoisotopic (exact) mass is 386 g/mol. The van der Waals surface area contributed by atoms with Crippen molar-refractivity contribution in [3.8, 4) is 0 Å². The van der Waals surface area contributed by atoms with E-state index >= 15 is 0 Å². The van der Waals surface area contributed by atoms with Crippen molar-refractivity contribution in [3.05, 3.63) is 0 Å². The van der Waals surface area contributed by atoms with Crippen LogP contribution in [-0.4, -0.2) is 27.1 Å². The number of azo groups is 1. The van der Waals surface area contributed by atoms with Gasteiger partial charge in [-0.3, -0.25) is 0 Å². The molecule has 7 heteroatoms. The van der Waals surface area contributed by atoms with Gasteiger partial charge in [0.25, 0.3) is 8.32 Å². The minimum absolute atomic E-state index is 0.248. The number of hydrogen-bond donors (Lipinski definition) is 0. The lowest BCUT2D eigenvalue weighted by Crippen LogP contribution is -2.48. The summed E-state index contributed by atoms with van der Waals surface area (Å²) in [7, 11) is -2.38. The third-order valence-corrected chi connectivity index (χ3v) is 11.1. The topological polar surface area (TPSA) is 77.3 Å². The number of unbranched alkanes of at least 4 members (excludes halogenated alkanes) is 1. The Labute approximate surface area is 160 Å². The van der Waals surface area contributed by atoms with Gasteiger partial charge in [-0.1, -0.05) is 84.9 Å². The van der Waals surface area contributed by atoms with E-state index in [1.807, 2.05) is 0 Å². The van der Waals surface area contributed by atoms with Crippen molar-refractivity contribution in [2.75, 3.05) is 6.61 Å². The quantitative estimate of drug-likeness (QED) is 0.296. The van der Waals surface area contributed by atoms with Crippen molar-refractivity contribution < 1.29 is 18.8 Å². The Morgan fingerprint density at radius 2 is 1.38 bits per heavy atom. The summed E-state index contributed by atoms with van der Waals surface area (Å²) in [6, 6.07) is 0. The molecule has 0 aliphatic carbocycles. The third-order valence-electron chi connectivity index (χ3n) is 5.17. The van der Waals surface area contributed by atoms with Gasteiger partial charge in [0, 0.05) is 0 Å². The van der Waals surface area contributed by atoms with Gasteiger partial charge in [-0.05, 0) is 29.0 Å². The number of nitrogens with zero attached hydrogens (tertiary/aromatic N) is 2. The average Bonchev–Trinajstić information content (AvgIpc) is 2.56. The summed E-state index contributed by atoms with van der Waals surface area (Å²) in [5.41, 5.74) is 0.743. The first kappa shape index (κ1) is 24.8. The van der Waals surface area contributed by atoms with Gasteiger partial charge >= 0.3 is 12.2 Å². The van der Waals surface area contributed by atoms with Crippen LogP contribution >= 0.6 is 0 Å². The number of carbonyl (C=O) groups excluding carboxylic acids is 2. The van der Waals surface area contributed by atoms with Crippen molar-refractivity contribution in [3.63, 3.8) is 0 Å². The molecule has 0 aromatic rings. The molecule has 2 amide bonds. The van der Waals surface area contributed by atoms with Gasteiger partial charge in [0.15, 0.2) is 0 Å². The zero-order chi connectivity index (χ0) is 20.3. The molecule has 1 unspecified atom stereocenters. The molecular formula is C19H38N2O4Si.